The van der Waals surface area contributed by atoms with Gasteiger partial charge in [0, 0.05) is 11.5 Å². The fourth-order valence-electron chi connectivity index (χ4n) is 3.29. The van der Waals surface area contributed by atoms with E-state index in [1.54, 1.807) is 13.2 Å². The van der Waals surface area contributed by atoms with Crippen molar-refractivity contribution >= 4 is 23.3 Å². The second-order valence-electron chi connectivity index (χ2n) is 8.95. The first-order valence-electron chi connectivity index (χ1n) is 11.2. The largest absolute Gasteiger partial charge is 0.493 e. The van der Waals surface area contributed by atoms with Gasteiger partial charge in [-0.05, 0) is 68.2 Å². The first kappa shape index (κ1) is 27.8. The van der Waals surface area contributed by atoms with Crippen molar-refractivity contribution in [1.82, 2.24) is 4.90 Å². The van der Waals surface area contributed by atoms with Crippen LogP contribution in [0.1, 0.15) is 31.9 Å². The summed E-state index contributed by atoms with van der Waals surface area (Å²) in [5.41, 5.74) is 15.9. The van der Waals surface area contributed by atoms with Crippen molar-refractivity contribution in [3.8, 4) is 11.5 Å². The normalized spacial score (nSPS) is 11.7. The van der Waals surface area contributed by atoms with Crippen LogP contribution in [0, 0.1) is 5.41 Å². The molecule has 2 aromatic carbocycles. The minimum Gasteiger partial charge on any atom is -0.493 e. The van der Waals surface area contributed by atoms with Gasteiger partial charge in [-0.25, -0.2) is 0 Å². The summed E-state index contributed by atoms with van der Waals surface area (Å²) in [7, 11) is 1.55. The summed E-state index contributed by atoms with van der Waals surface area (Å²) in [6, 6.07) is 15.1. The first-order chi connectivity index (χ1) is 16.7. The molecule has 0 amide bonds. The zero-order chi connectivity index (χ0) is 25.8. The highest BCUT2D eigenvalue weighted by molar-refractivity contribution is 7.80. The Morgan fingerprint density at radius 3 is 2.49 bits per heavy atom. The Morgan fingerprint density at radius 2 is 1.89 bits per heavy atom. The maximum Gasteiger partial charge on any atom is 0.311 e. The van der Waals surface area contributed by atoms with Gasteiger partial charge in [-0.15, -0.1) is 0 Å². The number of azide groups is 1. The molecule has 0 aliphatic rings. The van der Waals surface area contributed by atoms with Gasteiger partial charge in [0.05, 0.1) is 31.7 Å². The monoisotopic (exact) mass is 499 g/mol. The molecule has 0 aromatic heterocycles. The second kappa shape index (κ2) is 13.4. The molecule has 9 nitrogen and oxygen atoms in total. The van der Waals surface area contributed by atoms with Crippen LogP contribution >= 0.6 is 12.2 Å². The number of nitrogens with two attached hydrogens (primary N) is 1. The van der Waals surface area contributed by atoms with Gasteiger partial charge in [0.15, 0.2) is 16.6 Å². The Labute approximate surface area is 211 Å². The molecule has 2 aromatic rings. The summed E-state index contributed by atoms with van der Waals surface area (Å²) >= 11 is 5.40. The van der Waals surface area contributed by atoms with Gasteiger partial charge in [0.1, 0.15) is 6.61 Å². The molecule has 0 spiro atoms. The predicted molar refractivity (Wildman–Crippen MR) is 139 cm³/mol. The van der Waals surface area contributed by atoms with Gasteiger partial charge < -0.3 is 24.8 Å². The number of carbonyl (C=O) groups is 1. The highest BCUT2D eigenvalue weighted by atomic mass is 32.1. The van der Waals surface area contributed by atoms with Crippen molar-refractivity contribution in [3.05, 3.63) is 70.1 Å². The molecule has 2 rings (SSSR count). The lowest BCUT2D eigenvalue weighted by Crippen LogP contribution is -2.47. The predicted octanol–water partition coefficient (Wildman–Crippen LogP) is 4.63. The average molecular weight is 500 g/mol. The SMILES string of the molecule is COc1cc(CN(C(N)=S)[C@@H](COC(=O)C(C)(C)C)Cc2ccccc2)ccc1OCCN=[N+]=[N-]. The Morgan fingerprint density at radius 1 is 1.17 bits per heavy atom. The molecule has 10 heteroatoms. The van der Waals surface area contributed by atoms with E-state index in [-0.39, 0.29) is 36.9 Å². The van der Waals surface area contributed by atoms with Gasteiger partial charge >= 0.3 is 5.97 Å². The van der Waals surface area contributed by atoms with Crippen LogP contribution in [-0.4, -0.2) is 48.9 Å². The van der Waals surface area contributed by atoms with Crippen LogP contribution in [-0.2, 0) is 22.5 Å². The van der Waals surface area contributed by atoms with Crippen LogP contribution in [0.3, 0.4) is 0 Å². The molecule has 188 valence electrons. The van der Waals surface area contributed by atoms with Gasteiger partial charge in [-0.2, -0.15) is 0 Å². The highest BCUT2D eigenvalue weighted by Crippen LogP contribution is 2.29. The number of ether oxygens (including phenoxy) is 3. The van der Waals surface area contributed by atoms with Gasteiger partial charge in [0.25, 0.3) is 0 Å². The van der Waals surface area contributed by atoms with E-state index in [0.29, 0.717) is 24.5 Å². The third-order valence-corrected chi connectivity index (χ3v) is 5.38. The second-order valence-corrected chi connectivity index (χ2v) is 9.36. The lowest BCUT2D eigenvalue weighted by atomic mass is 9.97. The number of nitrogens with zero attached hydrogens (tertiary/aromatic N) is 4. The number of methoxy groups -OCH3 is 1. The maximum atomic E-state index is 12.5. The zero-order valence-electron chi connectivity index (χ0n) is 20.6. The summed E-state index contributed by atoms with van der Waals surface area (Å²) in [6.45, 7) is 6.41. The molecule has 0 aliphatic carbocycles. The number of benzene rings is 2. The van der Waals surface area contributed by atoms with E-state index >= 15 is 0 Å². The number of thiocarbonyl (C=S) groups is 1. The summed E-state index contributed by atoms with van der Waals surface area (Å²) in [6.07, 6.45) is 0.591. The quantitative estimate of drug-likeness (QED) is 0.113. The molecule has 0 saturated heterocycles. The Kier molecular flexibility index (Phi) is 10.6. The lowest BCUT2D eigenvalue weighted by Gasteiger charge is -2.33. The van der Waals surface area contributed by atoms with Crippen molar-refractivity contribution in [2.75, 3.05) is 26.9 Å². The standard InChI is InChI=1S/C25H33N5O4S/c1-25(2,3)23(31)34-17-20(14-18-8-6-5-7-9-18)30(24(26)35)16-19-10-11-21(22(15-19)32-4)33-13-12-28-29-27/h5-11,15,20H,12-14,16-17H2,1-4H3,(H2,26,35)/t20-/m1/s1. The van der Waals surface area contributed by atoms with E-state index in [9.17, 15) is 4.79 Å². The van der Waals surface area contributed by atoms with Crippen LogP contribution < -0.4 is 15.2 Å². The fraction of sp³-hybridized carbons (Fsp3) is 0.440. The number of rotatable bonds is 12. The van der Waals surface area contributed by atoms with Crippen molar-refractivity contribution in [1.29, 1.82) is 0 Å². The third kappa shape index (κ3) is 8.99. The molecular formula is C25H33N5O4S. The Balaban J connectivity index is 2.25. The Hall–Kier alpha value is -3.49. The van der Waals surface area contributed by atoms with Crippen LogP contribution in [0.2, 0.25) is 0 Å². The lowest BCUT2D eigenvalue weighted by molar-refractivity contribution is -0.154. The first-order valence-corrected chi connectivity index (χ1v) is 11.6. The number of hydrogen-bond acceptors (Lipinski definition) is 6. The van der Waals surface area contributed by atoms with Gasteiger partial charge in [0.2, 0.25) is 0 Å². The average Bonchev–Trinajstić information content (AvgIpc) is 2.83. The molecule has 2 N–H and O–H groups in total. The van der Waals surface area contributed by atoms with Crippen LogP contribution in [0.15, 0.2) is 53.6 Å². The molecule has 1 atom stereocenters. The van der Waals surface area contributed by atoms with E-state index in [1.807, 2.05) is 68.1 Å². The molecule has 0 heterocycles. The molecular weight excluding hydrogens is 466 g/mol. The van der Waals surface area contributed by atoms with Crippen LogP contribution in [0.25, 0.3) is 10.4 Å². The van der Waals surface area contributed by atoms with E-state index in [4.69, 9.17) is 37.7 Å². The highest BCUT2D eigenvalue weighted by Gasteiger charge is 2.27. The smallest absolute Gasteiger partial charge is 0.311 e. The zero-order valence-corrected chi connectivity index (χ0v) is 21.5. The van der Waals surface area contributed by atoms with Crippen LogP contribution in [0.5, 0.6) is 11.5 Å². The molecule has 0 bridgehead atoms. The molecule has 0 radical (unpaired) electrons. The minimum absolute atomic E-state index is 0.139. The summed E-state index contributed by atoms with van der Waals surface area (Å²) in [5.74, 6) is 0.777. The number of carbonyl (C=O) groups excluding carboxylic acids is 1. The van der Waals surface area contributed by atoms with E-state index in [1.165, 1.54) is 0 Å². The Bertz CT molecular complexity index is 1040. The van der Waals surface area contributed by atoms with Crippen molar-refractivity contribution in [3.63, 3.8) is 0 Å². The number of esters is 1. The van der Waals surface area contributed by atoms with Crippen molar-refractivity contribution < 1.29 is 19.0 Å². The summed E-state index contributed by atoms with van der Waals surface area (Å²) in [4.78, 5) is 17.0. The van der Waals surface area contributed by atoms with E-state index < -0.39 is 5.41 Å². The van der Waals surface area contributed by atoms with E-state index in [2.05, 4.69) is 10.0 Å². The van der Waals surface area contributed by atoms with Crippen molar-refractivity contribution in [2.24, 2.45) is 16.3 Å². The van der Waals surface area contributed by atoms with Crippen LogP contribution in [0.4, 0.5) is 0 Å². The molecule has 0 fully saturated rings. The van der Waals surface area contributed by atoms with E-state index in [0.717, 1.165) is 11.1 Å². The molecule has 35 heavy (non-hydrogen) atoms. The summed E-state index contributed by atoms with van der Waals surface area (Å²) in [5, 5.41) is 3.66. The fourth-order valence-corrected chi connectivity index (χ4v) is 3.50. The number of hydrogen-bond donors (Lipinski definition) is 1. The third-order valence-electron chi connectivity index (χ3n) is 5.15. The molecule has 0 unspecified atom stereocenters. The van der Waals surface area contributed by atoms with Crippen molar-refractivity contribution in [2.45, 2.75) is 39.8 Å². The van der Waals surface area contributed by atoms with Gasteiger partial charge in [-0.1, -0.05) is 41.5 Å². The topological polar surface area (TPSA) is 123 Å². The molecule has 0 saturated carbocycles. The minimum atomic E-state index is -0.618. The molecule has 0 aliphatic heterocycles. The summed E-state index contributed by atoms with van der Waals surface area (Å²) < 4.78 is 16.8. The van der Waals surface area contributed by atoms with Gasteiger partial charge in [-0.3, -0.25) is 4.79 Å². The maximum absolute atomic E-state index is 12.5.